The predicted octanol–water partition coefficient (Wildman–Crippen LogP) is -0.260. The fraction of sp³-hybridized carbons (Fsp3) is 0.375. The molecule has 0 radical (unpaired) electrons. The minimum Gasteiger partial charge on any atom is -0.480 e. The molecular weight excluding hydrogens is 752 g/mol. The zero-order valence-electron chi connectivity index (χ0n) is 32.2. The first-order valence-electron chi connectivity index (χ1n) is 18.7. The van der Waals surface area contributed by atoms with Crippen molar-refractivity contribution in [1.82, 2.24) is 35.7 Å². The van der Waals surface area contributed by atoms with Crippen LogP contribution in [0.2, 0.25) is 0 Å². The van der Waals surface area contributed by atoms with Crippen molar-refractivity contribution >= 4 is 40.5 Å². The van der Waals surface area contributed by atoms with E-state index >= 15 is 0 Å². The molecule has 1 saturated heterocycles. The molecule has 0 spiro atoms. The molecule has 5 amide bonds. The number of rotatable bonds is 16. The number of amides is 5. The average Bonchev–Trinajstić information content (AvgIpc) is 3.57. The number of carboxylic acids is 1. The van der Waals surface area contributed by atoms with Gasteiger partial charge in [-0.15, -0.1) is 0 Å². The number of nitrogens with two attached hydrogens (primary N) is 1. The molecule has 1 aliphatic heterocycles. The van der Waals surface area contributed by atoms with Crippen LogP contribution in [0.4, 0.5) is 4.79 Å². The lowest BCUT2D eigenvalue weighted by Crippen LogP contribution is -2.63. The number of aliphatic hydroxyl groups is 1. The number of likely N-dealkylation sites (N-methyl/N-ethyl adjacent to an activating group) is 1. The minimum absolute atomic E-state index is 0.00253. The lowest BCUT2D eigenvalue weighted by Gasteiger charge is -2.34. The number of nitrogens with one attached hydrogen (secondary N) is 5. The van der Waals surface area contributed by atoms with Crippen molar-refractivity contribution in [3.8, 4) is 0 Å². The van der Waals surface area contributed by atoms with Gasteiger partial charge in [0, 0.05) is 45.1 Å². The van der Waals surface area contributed by atoms with Crippen molar-refractivity contribution in [3.63, 3.8) is 0 Å². The summed E-state index contributed by atoms with van der Waals surface area (Å²) >= 11 is 0. The summed E-state index contributed by atoms with van der Waals surface area (Å²) < 4.78 is 6.85. The van der Waals surface area contributed by atoms with Crippen LogP contribution in [0.25, 0.3) is 10.8 Å². The Bertz CT molecular complexity index is 2230. The van der Waals surface area contributed by atoms with Crippen LogP contribution >= 0.6 is 0 Å². The smallest absolute Gasteiger partial charge is 0.330 e. The second-order valence-corrected chi connectivity index (χ2v) is 14.3. The molecular formula is C40H48N8O10. The lowest BCUT2D eigenvalue weighted by molar-refractivity contribution is -0.139. The van der Waals surface area contributed by atoms with E-state index in [1.165, 1.54) is 32.0 Å². The number of aromatic nitrogens is 2. The highest BCUT2D eigenvalue weighted by Crippen LogP contribution is 2.27. The van der Waals surface area contributed by atoms with Gasteiger partial charge < -0.3 is 46.9 Å². The first-order valence-corrected chi connectivity index (χ1v) is 18.7. The third-order valence-electron chi connectivity index (χ3n) is 9.97. The Kier molecular flexibility index (Phi) is 14.1. The van der Waals surface area contributed by atoms with E-state index in [1.807, 2.05) is 36.4 Å². The van der Waals surface area contributed by atoms with Crippen molar-refractivity contribution in [2.75, 3.05) is 13.6 Å². The van der Waals surface area contributed by atoms with Gasteiger partial charge in [0.25, 0.3) is 5.56 Å². The average molecular weight is 801 g/mol. The molecule has 0 bridgehead atoms. The molecule has 3 aromatic carbocycles. The number of aromatic amines is 1. The van der Waals surface area contributed by atoms with Crippen LogP contribution in [0.5, 0.6) is 0 Å². The Morgan fingerprint density at radius 1 is 0.879 bits per heavy atom. The number of hydrogen-bond donors (Lipinski definition) is 8. The molecule has 1 fully saturated rings. The van der Waals surface area contributed by atoms with Crippen LogP contribution in [-0.2, 0) is 36.8 Å². The van der Waals surface area contributed by atoms with Gasteiger partial charge in [-0.1, -0.05) is 72.8 Å². The minimum atomic E-state index is -1.42. The second kappa shape index (κ2) is 19.2. The number of ether oxygens (including phenoxy) is 1. The molecule has 0 aliphatic carbocycles. The van der Waals surface area contributed by atoms with Gasteiger partial charge in [-0.25, -0.2) is 14.4 Å². The maximum atomic E-state index is 14.1. The number of hydrogen-bond acceptors (Lipinski definition) is 10. The van der Waals surface area contributed by atoms with E-state index in [9.17, 15) is 43.8 Å². The van der Waals surface area contributed by atoms with E-state index < -0.39 is 89.6 Å². The number of urea groups is 1. The van der Waals surface area contributed by atoms with Crippen molar-refractivity contribution in [1.29, 1.82) is 0 Å². The van der Waals surface area contributed by atoms with Crippen LogP contribution in [0.1, 0.15) is 37.6 Å². The van der Waals surface area contributed by atoms with E-state index in [1.54, 1.807) is 36.4 Å². The summed E-state index contributed by atoms with van der Waals surface area (Å²) in [6, 6.07) is 15.8. The largest absolute Gasteiger partial charge is 0.480 e. The summed E-state index contributed by atoms with van der Waals surface area (Å²) in [5.74, 6) is -3.40. The summed E-state index contributed by atoms with van der Waals surface area (Å²) in [5, 5.41) is 32.9. The fourth-order valence-electron chi connectivity index (χ4n) is 6.69. The molecule has 9 N–H and O–H groups in total. The van der Waals surface area contributed by atoms with E-state index in [4.69, 9.17) is 10.5 Å². The molecule has 5 rings (SSSR count). The monoisotopic (exact) mass is 800 g/mol. The van der Waals surface area contributed by atoms with Gasteiger partial charge in [-0.2, -0.15) is 0 Å². The van der Waals surface area contributed by atoms with Gasteiger partial charge in [0.05, 0.1) is 18.2 Å². The molecule has 308 valence electrons. The summed E-state index contributed by atoms with van der Waals surface area (Å²) in [4.78, 5) is 93.9. The number of nitrogens with zero attached hydrogens (tertiary/aromatic N) is 2. The highest BCUT2D eigenvalue weighted by atomic mass is 16.5. The van der Waals surface area contributed by atoms with Crippen molar-refractivity contribution in [3.05, 3.63) is 117 Å². The molecule has 8 atom stereocenters. The quantitative estimate of drug-likeness (QED) is 0.0732. The van der Waals surface area contributed by atoms with E-state index in [0.29, 0.717) is 11.1 Å². The SMILES string of the molecule is C[C@H](N)C(=O)N(C)[C@@H](C)[C@H](NC(=O)[C@H](Cc1ccccc1)NC(=O)N[C@@H](Cc1ccc2ccccc2c1)C(=O)O)C(=O)NC[C@H]1C[C@@H](O)[C@H](n2ccc(=O)[nH]c2=O)O1. The number of aliphatic hydroxyl groups excluding tert-OH is 1. The highest BCUT2D eigenvalue weighted by Gasteiger charge is 2.38. The summed E-state index contributed by atoms with van der Waals surface area (Å²) in [6.45, 7) is 2.81. The number of carbonyl (C=O) groups excluding carboxylic acids is 4. The third kappa shape index (κ3) is 10.9. The second-order valence-electron chi connectivity index (χ2n) is 14.3. The maximum absolute atomic E-state index is 14.1. The maximum Gasteiger partial charge on any atom is 0.330 e. The van der Waals surface area contributed by atoms with Crippen molar-refractivity contribution < 1.29 is 38.9 Å². The summed E-state index contributed by atoms with van der Waals surface area (Å²) in [7, 11) is 1.42. The summed E-state index contributed by atoms with van der Waals surface area (Å²) in [6.07, 6.45) is -2.04. The molecule has 18 heteroatoms. The zero-order chi connectivity index (χ0) is 42.1. The van der Waals surface area contributed by atoms with Crippen LogP contribution in [0, 0.1) is 0 Å². The van der Waals surface area contributed by atoms with Crippen molar-refractivity contribution in [2.24, 2.45) is 5.73 Å². The van der Waals surface area contributed by atoms with Gasteiger partial charge in [0.15, 0.2) is 6.23 Å². The van der Waals surface area contributed by atoms with Gasteiger partial charge in [-0.3, -0.25) is 28.7 Å². The molecule has 2 heterocycles. The number of benzene rings is 3. The molecule has 1 aromatic heterocycles. The first-order chi connectivity index (χ1) is 27.6. The van der Waals surface area contributed by atoms with Crippen LogP contribution < -0.4 is 38.2 Å². The highest BCUT2D eigenvalue weighted by molar-refractivity contribution is 5.93. The molecule has 58 heavy (non-hydrogen) atoms. The summed E-state index contributed by atoms with van der Waals surface area (Å²) in [5.41, 5.74) is 5.73. The Balaban J connectivity index is 1.32. The Morgan fingerprint density at radius 3 is 2.21 bits per heavy atom. The Hall–Kier alpha value is -6.37. The lowest BCUT2D eigenvalue weighted by atomic mass is 10.0. The normalized spacial score (nSPS) is 18.9. The van der Waals surface area contributed by atoms with Crippen molar-refractivity contribution in [2.45, 2.75) is 81.8 Å². The van der Waals surface area contributed by atoms with Crippen LogP contribution in [0.15, 0.2) is 94.6 Å². The zero-order valence-corrected chi connectivity index (χ0v) is 32.2. The van der Waals surface area contributed by atoms with E-state index in [2.05, 4.69) is 26.3 Å². The number of carboxylic acid groups (broad SMARTS) is 1. The van der Waals surface area contributed by atoms with Gasteiger partial charge >= 0.3 is 17.7 Å². The van der Waals surface area contributed by atoms with E-state index in [0.717, 1.165) is 21.4 Å². The number of fused-ring (bicyclic) bond motifs is 1. The molecule has 1 aliphatic rings. The van der Waals surface area contributed by atoms with Gasteiger partial charge in [0.2, 0.25) is 17.7 Å². The third-order valence-corrected chi connectivity index (χ3v) is 9.97. The molecule has 4 aromatic rings. The Morgan fingerprint density at radius 2 is 1.53 bits per heavy atom. The van der Waals surface area contributed by atoms with E-state index in [-0.39, 0.29) is 25.8 Å². The first kappa shape index (κ1) is 42.8. The number of H-pyrrole nitrogens is 1. The molecule has 0 unspecified atom stereocenters. The van der Waals surface area contributed by atoms with Crippen LogP contribution in [-0.4, -0.2) is 110 Å². The Labute approximate surface area is 332 Å². The van der Waals surface area contributed by atoms with Crippen LogP contribution in [0.3, 0.4) is 0 Å². The standard InChI is InChI=1S/C40H48N8O10/c1-22(41)36(53)47(3)23(2)33(35(52)42-21-28-20-31(49)37(58-28)48-16-15-32(50)45-40(48)57)46-34(51)29(18-24-9-5-4-6-10-24)43-39(56)44-30(38(54)55)19-25-13-14-26-11-7-8-12-27(26)17-25/h4-17,22-23,28-31,33,37,49H,18-21,41H2,1-3H3,(H,42,52)(H,46,51)(H,54,55)(H2,43,44,56)(H,45,50,57)/t22-,23-,28+,29-,30-,31+,33-,37+/m0/s1. The molecule has 18 nitrogen and oxygen atoms in total. The predicted molar refractivity (Wildman–Crippen MR) is 211 cm³/mol. The van der Waals surface area contributed by atoms with Gasteiger partial charge in [-0.05, 0) is 35.7 Å². The number of carbonyl (C=O) groups is 5. The number of aliphatic carboxylic acids is 1. The fourth-order valence-corrected chi connectivity index (χ4v) is 6.69. The van der Waals surface area contributed by atoms with Gasteiger partial charge in [0.1, 0.15) is 24.2 Å². The molecule has 0 saturated carbocycles. The topological polar surface area (TPSA) is 267 Å².